The van der Waals surface area contributed by atoms with E-state index in [1.807, 2.05) is 0 Å². The van der Waals surface area contributed by atoms with Crippen LogP contribution in [0.5, 0.6) is 0 Å². The largest absolute Gasteiger partial charge is 0.480 e. The van der Waals surface area contributed by atoms with Crippen molar-refractivity contribution >= 4 is 18.4 Å². The summed E-state index contributed by atoms with van der Waals surface area (Å²) in [5, 5.41) is 8.71. The normalized spacial score (nSPS) is 20.9. The molecule has 1 saturated carbocycles. The molecule has 4 heteroatoms. The van der Waals surface area contributed by atoms with Crippen molar-refractivity contribution in [2.45, 2.75) is 57.4 Å². The molecule has 1 rings (SSSR count). The van der Waals surface area contributed by atoms with Gasteiger partial charge in [-0.3, -0.25) is 4.79 Å². The Bertz CT molecular complexity index is 179. The average molecular weight is 236 g/mol. The SMILES string of the molecule is Cl.N[C@@H](CC1CCCCCCC1)C(=O)O. The zero-order chi connectivity index (χ0) is 10.4. The summed E-state index contributed by atoms with van der Waals surface area (Å²) in [4.78, 5) is 10.6. The topological polar surface area (TPSA) is 63.3 Å². The van der Waals surface area contributed by atoms with Gasteiger partial charge in [0.1, 0.15) is 6.04 Å². The lowest BCUT2D eigenvalue weighted by molar-refractivity contribution is -0.139. The van der Waals surface area contributed by atoms with Crippen molar-refractivity contribution in [2.24, 2.45) is 11.7 Å². The van der Waals surface area contributed by atoms with Crippen molar-refractivity contribution in [3.8, 4) is 0 Å². The second kappa shape index (κ2) is 7.94. The van der Waals surface area contributed by atoms with Crippen molar-refractivity contribution in [2.75, 3.05) is 0 Å². The fourth-order valence-corrected chi connectivity index (χ4v) is 2.24. The molecule has 1 aliphatic carbocycles. The van der Waals surface area contributed by atoms with Crippen LogP contribution in [-0.4, -0.2) is 17.1 Å². The molecular formula is C11H22ClNO2. The Labute approximate surface area is 97.8 Å². The third-order valence-corrected chi connectivity index (χ3v) is 3.13. The lowest BCUT2D eigenvalue weighted by Gasteiger charge is -2.21. The first-order valence-corrected chi connectivity index (χ1v) is 5.68. The van der Waals surface area contributed by atoms with Crippen LogP contribution < -0.4 is 5.73 Å². The number of carbonyl (C=O) groups is 1. The highest BCUT2D eigenvalue weighted by atomic mass is 35.5. The highest BCUT2D eigenvalue weighted by Crippen LogP contribution is 2.25. The number of nitrogens with two attached hydrogens (primary N) is 1. The molecule has 3 nitrogen and oxygen atoms in total. The van der Waals surface area contributed by atoms with Crippen LogP contribution in [0.4, 0.5) is 0 Å². The maximum Gasteiger partial charge on any atom is 0.320 e. The van der Waals surface area contributed by atoms with Gasteiger partial charge < -0.3 is 10.8 Å². The summed E-state index contributed by atoms with van der Waals surface area (Å²) >= 11 is 0. The van der Waals surface area contributed by atoms with Gasteiger partial charge in [-0.05, 0) is 12.3 Å². The van der Waals surface area contributed by atoms with Crippen molar-refractivity contribution in [1.29, 1.82) is 0 Å². The number of rotatable bonds is 3. The van der Waals surface area contributed by atoms with E-state index in [1.54, 1.807) is 0 Å². The summed E-state index contributed by atoms with van der Waals surface area (Å²) in [6, 6.07) is -0.653. The summed E-state index contributed by atoms with van der Waals surface area (Å²) in [7, 11) is 0. The van der Waals surface area contributed by atoms with E-state index in [0.717, 1.165) is 0 Å². The van der Waals surface area contributed by atoms with Crippen molar-refractivity contribution in [1.82, 2.24) is 0 Å². The Morgan fingerprint density at radius 2 is 1.67 bits per heavy atom. The fraction of sp³-hybridized carbons (Fsp3) is 0.909. The third kappa shape index (κ3) is 6.00. The summed E-state index contributed by atoms with van der Waals surface area (Å²) in [5.41, 5.74) is 5.54. The average Bonchev–Trinajstić information content (AvgIpc) is 2.08. The van der Waals surface area contributed by atoms with Gasteiger partial charge in [0.05, 0.1) is 0 Å². The monoisotopic (exact) mass is 235 g/mol. The number of carboxylic acid groups (broad SMARTS) is 1. The first-order chi connectivity index (χ1) is 6.70. The molecule has 1 atom stereocenters. The van der Waals surface area contributed by atoms with Gasteiger partial charge in [-0.25, -0.2) is 0 Å². The molecule has 0 heterocycles. The minimum absolute atomic E-state index is 0. The molecule has 0 aliphatic heterocycles. The number of hydrogen-bond donors (Lipinski definition) is 2. The first-order valence-electron chi connectivity index (χ1n) is 5.68. The molecule has 90 valence electrons. The maximum atomic E-state index is 10.6. The van der Waals surface area contributed by atoms with Crippen molar-refractivity contribution in [3.63, 3.8) is 0 Å². The van der Waals surface area contributed by atoms with Gasteiger partial charge in [0, 0.05) is 0 Å². The zero-order valence-electron chi connectivity index (χ0n) is 9.15. The second-order valence-electron chi connectivity index (χ2n) is 4.39. The molecule has 0 bridgehead atoms. The van der Waals surface area contributed by atoms with E-state index in [-0.39, 0.29) is 12.4 Å². The fourth-order valence-electron chi connectivity index (χ4n) is 2.24. The molecule has 0 spiro atoms. The number of carboxylic acids is 1. The molecule has 0 aromatic rings. The van der Waals surface area contributed by atoms with Crippen LogP contribution >= 0.6 is 12.4 Å². The summed E-state index contributed by atoms with van der Waals surface area (Å²) in [6.07, 6.45) is 9.45. The van der Waals surface area contributed by atoms with E-state index in [0.29, 0.717) is 12.3 Å². The van der Waals surface area contributed by atoms with E-state index in [2.05, 4.69) is 0 Å². The van der Waals surface area contributed by atoms with Crippen LogP contribution in [0.2, 0.25) is 0 Å². The summed E-state index contributed by atoms with van der Waals surface area (Å²) in [6.45, 7) is 0. The smallest absolute Gasteiger partial charge is 0.320 e. The van der Waals surface area contributed by atoms with E-state index < -0.39 is 12.0 Å². The number of hydrogen-bond acceptors (Lipinski definition) is 2. The predicted molar refractivity (Wildman–Crippen MR) is 63.3 cm³/mol. The Kier molecular flexibility index (Phi) is 7.79. The molecule has 15 heavy (non-hydrogen) atoms. The molecule has 0 aromatic heterocycles. The number of halogens is 1. The molecule has 0 radical (unpaired) electrons. The van der Waals surface area contributed by atoms with Crippen molar-refractivity contribution in [3.05, 3.63) is 0 Å². The molecular weight excluding hydrogens is 214 g/mol. The van der Waals surface area contributed by atoms with Gasteiger partial charge in [-0.15, -0.1) is 12.4 Å². The zero-order valence-corrected chi connectivity index (χ0v) is 9.97. The van der Waals surface area contributed by atoms with Crippen LogP contribution in [0.1, 0.15) is 51.4 Å². The van der Waals surface area contributed by atoms with Crippen molar-refractivity contribution < 1.29 is 9.90 Å². The lowest BCUT2D eigenvalue weighted by atomic mass is 9.87. The van der Waals surface area contributed by atoms with E-state index in [1.165, 1.54) is 44.9 Å². The minimum atomic E-state index is -0.855. The predicted octanol–water partition coefficient (Wildman–Crippen LogP) is 2.57. The van der Waals surface area contributed by atoms with Gasteiger partial charge in [0.2, 0.25) is 0 Å². The van der Waals surface area contributed by atoms with Gasteiger partial charge >= 0.3 is 5.97 Å². The quantitative estimate of drug-likeness (QED) is 0.790. The van der Waals surface area contributed by atoms with E-state index in [4.69, 9.17) is 10.8 Å². The molecule has 3 N–H and O–H groups in total. The molecule has 0 saturated heterocycles. The van der Waals surface area contributed by atoms with Gasteiger partial charge in [-0.2, -0.15) is 0 Å². The van der Waals surface area contributed by atoms with E-state index in [9.17, 15) is 4.79 Å². The van der Waals surface area contributed by atoms with Crippen LogP contribution in [0.15, 0.2) is 0 Å². The molecule has 0 unspecified atom stereocenters. The lowest BCUT2D eigenvalue weighted by Crippen LogP contribution is -2.32. The third-order valence-electron chi connectivity index (χ3n) is 3.13. The van der Waals surface area contributed by atoms with Crippen LogP contribution in [0, 0.1) is 5.92 Å². The van der Waals surface area contributed by atoms with Gasteiger partial charge in [0.15, 0.2) is 0 Å². The second-order valence-corrected chi connectivity index (χ2v) is 4.39. The Balaban J connectivity index is 0.00000196. The number of aliphatic carboxylic acids is 1. The Morgan fingerprint density at radius 3 is 2.13 bits per heavy atom. The standard InChI is InChI=1S/C11H21NO2.ClH/c12-10(11(13)14)8-9-6-4-2-1-3-5-7-9;/h9-10H,1-8,12H2,(H,13,14);1H/t10-;/m0./s1. The van der Waals surface area contributed by atoms with Crippen LogP contribution in [0.25, 0.3) is 0 Å². The highest BCUT2D eigenvalue weighted by molar-refractivity contribution is 5.85. The highest BCUT2D eigenvalue weighted by Gasteiger charge is 2.19. The summed E-state index contributed by atoms with van der Waals surface area (Å²) in [5.74, 6) is -0.312. The molecule has 1 fully saturated rings. The maximum absolute atomic E-state index is 10.6. The molecule has 0 aromatic carbocycles. The van der Waals surface area contributed by atoms with Gasteiger partial charge in [-0.1, -0.05) is 44.9 Å². The molecule has 1 aliphatic rings. The summed E-state index contributed by atoms with van der Waals surface area (Å²) < 4.78 is 0. The van der Waals surface area contributed by atoms with E-state index >= 15 is 0 Å². The van der Waals surface area contributed by atoms with Gasteiger partial charge in [0.25, 0.3) is 0 Å². The van der Waals surface area contributed by atoms with Crippen LogP contribution in [-0.2, 0) is 4.79 Å². The molecule has 0 amide bonds. The minimum Gasteiger partial charge on any atom is -0.480 e. The Hall–Kier alpha value is -0.280. The first kappa shape index (κ1) is 14.7. The Morgan fingerprint density at radius 1 is 1.20 bits per heavy atom. The van der Waals surface area contributed by atoms with Crippen LogP contribution in [0.3, 0.4) is 0 Å².